The quantitative estimate of drug-likeness (QED) is 0.604. The molecule has 1 aromatic carbocycles. The van der Waals surface area contributed by atoms with Crippen molar-refractivity contribution in [3.8, 4) is 5.88 Å². The van der Waals surface area contributed by atoms with Crippen LogP contribution in [0.25, 0.3) is 0 Å². The minimum atomic E-state index is -0.223. The Bertz CT molecular complexity index is 903. The molecule has 2 aromatic rings. The maximum atomic E-state index is 12.6. The lowest BCUT2D eigenvalue weighted by Gasteiger charge is -2.10. The van der Waals surface area contributed by atoms with Gasteiger partial charge in [-0.2, -0.15) is 0 Å². The van der Waals surface area contributed by atoms with Gasteiger partial charge >= 0.3 is 0 Å². The number of rotatable bonds is 9. The van der Waals surface area contributed by atoms with E-state index < -0.39 is 0 Å². The van der Waals surface area contributed by atoms with Gasteiger partial charge in [-0.25, -0.2) is 4.98 Å². The molecule has 1 N–H and O–H groups in total. The first-order chi connectivity index (χ1) is 13.9. The number of nitrogens with one attached hydrogen (secondary N) is 1. The molecule has 0 saturated carbocycles. The van der Waals surface area contributed by atoms with E-state index in [4.69, 9.17) is 16.3 Å². The number of pyridine rings is 1. The van der Waals surface area contributed by atoms with Crippen LogP contribution in [0.15, 0.2) is 73.0 Å². The highest BCUT2D eigenvalue weighted by atomic mass is 35.5. The third-order valence-electron chi connectivity index (χ3n) is 4.01. The lowest BCUT2D eigenvalue weighted by atomic mass is 10.1. The van der Waals surface area contributed by atoms with Crippen molar-refractivity contribution >= 4 is 23.2 Å². The molecule has 0 aliphatic carbocycles. The summed E-state index contributed by atoms with van der Waals surface area (Å²) in [6.07, 6.45) is 10.0. The van der Waals surface area contributed by atoms with Crippen LogP contribution in [0.1, 0.15) is 15.9 Å². The van der Waals surface area contributed by atoms with Crippen LogP contribution in [-0.2, 0) is 6.42 Å². The number of hydrogen-bond donors (Lipinski definition) is 1. The van der Waals surface area contributed by atoms with E-state index in [2.05, 4.69) is 21.8 Å². The number of allylic oxidation sites excluding steroid dienone is 3. The maximum Gasteiger partial charge on any atom is 0.255 e. The highest BCUT2D eigenvalue weighted by Crippen LogP contribution is 2.20. The molecule has 0 fully saturated rings. The topological polar surface area (TPSA) is 54.5 Å². The summed E-state index contributed by atoms with van der Waals surface area (Å²) in [7, 11) is 5.57. The van der Waals surface area contributed by atoms with E-state index in [9.17, 15) is 4.79 Å². The van der Waals surface area contributed by atoms with Gasteiger partial charge in [-0.1, -0.05) is 42.5 Å². The number of methoxy groups -OCH3 is 1. The van der Waals surface area contributed by atoms with Crippen LogP contribution in [-0.4, -0.2) is 43.5 Å². The summed E-state index contributed by atoms with van der Waals surface area (Å²) in [5, 5.41) is 3.45. The second-order valence-corrected chi connectivity index (χ2v) is 7.08. The average Bonchev–Trinajstić information content (AvgIpc) is 2.69. The van der Waals surface area contributed by atoms with Gasteiger partial charge in [0.2, 0.25) is 5.88 Å². The number of carbonyl (C=O) groups is 1. The van der Waals surface area contributed by atoms with Gasteiger partial charge in [0.1, 0.15) is 0 Å². The molecule has 0 unspecified atom stereocenters. The fourth-order valence-corrected chi connectivity index (χ4v) is 2.86. The van der Waals surface area contributed by atoms with Crippen molar-refractivity contribution in [2.45, 2.75) is 6.42 Å². The Balaban J connectivity index is 2.09. The Kier molecular flexibility index (Phi) is 8.65. The molecular formula is C23H26ClN3O2. The van der Waals surface area contributed by atoms with Crippen LogP contribution in [0.5, 0.6) is 5.88 Å². The highest BCUT2D eigenvalue weighted by molar-refractivity contribution is 6.31. The molecule has 1 aromatic heterocycles. The van der Waals surface area contributed by atoms with E-state index in [1.165, 1.54) is 0 Å². The highest BCUT2D eigenvalue weighted by Gasteiger charge is 2.09. The Morgan fingerprint density at radius 2 is 2.10 bits per heavy atom. The zero-order chi connectivity index (χ0) is 21.2. The fraction of sp³-hybridized carbons (Fsp3) is 0.217. The molecule has 0 aliphatic rings. The number of aromatic nitrogens is 1. The molecule has 0 saturated heterocycles. The second-order valence-electron chi connectivity index (χ2n) is 6.67. The second kappa shape index (κ2) is 11.2. The van der Waals surface area contributed by atoms with E-state index in [0.29, 0.717) is 28.6 Å². The Morgan fingerprint density at radius 1 is 1.31 bits per heavy atom. The third kappa shape index (κ3) is 7.22. The number of likely N-dealkylation sites (N-methyl/N-ethyl adjacent to an activating group) is 1. The minimum Gasteiger partial charge on any atom is -0.481 e. The van der Waals surface area contributed by atoms with Gasteiger partial charge in [-0.15, -0.1) is 0 Å². The van der Waals surface area contributed by atoms with Gasteiger partial charge in [-0.05, 0) is 55.9 Å². The molecule has 1 heterocycles. The van der Waals surface area contributed by atoms with Crippen LogP contribution in [0, 0.1) is 0 Å². The van der Waals surface area contributed by atoms with Gasteiger partial charge < -0.3 is 15.0 Å². The molecule has 5 nitrogen and oxygen atoms in total. The van der Waals surface area contributed by atoms with Crippen molar-refractivity contribution in [3.05, 3.63) is 89.1 Å². The van der Waals surface area contributed by atoms with E-state index >= 15 is 0 Å². The van der Waals surface area contributed by atoms with Crippen molar-refractivity contribution in [3.63, 3.8) is 0 Å². The normalized spacial score (nSPS) is 11.7. The monoisotopic (exact) mass is 411 g/mol. The third-order valence-corrected chi connectivity index (χ3v) is 4.38. The number of hydrogen-bond acceptors (Lipinski definition) is 4. The summed E-state index contributed by atoms with van der Waals surface area (Å²) in [5.41, 5.74) is 3.15. The first kappa shape index (κ1) is 22.4. The maximum absolute atomic E-state index is 12.6. The SMILES string of the molecule is C=C/C=C(\C=C/Cc1cc(C(=O)Nc2ccc(OC)nc2)ccc1Cl)CN(C)C. The van der Waals surface area contributed by atoms with Gasteiger partial charge in [0.15, 0.2) is 0 Å². The number of amides is 1. The average molecular weight is 412 g/mol. The lowest BCUT2D eigenvalue weighted by Crippen LogP contribution is -2.14. The smallest absolute Gasteiger partial charge is 0.255 e. The van der Waals surface area contributed by atoms with Crippen LogP contribution in [0.2, 0.25) is 5.02 Å². The minimum absolute atomic E-state index is 0.223. The summed E-state index contributed by atoms with van der Waals surface area (Å²) >= 11 is 6.33. The molecule has 152 valence electrons. The number of ether oxygens (including phenoxy) is 1. The Hall–Kier alpha value is -2.89. The molecule has 2 rings (SSSR count). The summed E-state index contributed by atoms with van der Waals surface area (Å²) < 4.78 is 5.02. The van der Waals surface area contributed by atoms with Crippen LogP contribution >= 0.6 is 11.6 Å². The van der Waals surface area contributed by atoms with Crippen molar-refractivity contribution in [1.82, 2.24) is 9.88 Å². The number of nitrogens with zero attached hydrogens (tertiary/aromatic N) is 2. The largest absolute Gasteiger partial charge is 0.481 e. The number of anilines is 1. The summed E-state index contributed by atoms with van der Waals surface area (Å²) in [5.74, 6) is 0.265. The van der Waals surface area contributed by atoms with Crippen molar-refractivity contribution in [2.75, 3.05) is 33.1 Å². The molecule has 1 amide bonds. The van der Waals surface area contributed by atoms with Crippen molar-refractivity contribution < 1.29 is 9.53 Å². The first-order valence-corrected chi connectivity index (χ1v) is 9.53. The standard InChI is InChI=1S/C23H26ClN3O2/c1-5-7-17(16-27(2)3)8-6-9-18-14-19(10-12-21(18)24)23(28)26-20-11-13-22(29-4)25-15-20/h5-8,10-15H,1,9,16H2,2-4H3,(H,26,28)/b8-6-,17-7+. The van der Waals surface area contributed by atoms with E-state index in [-0.39, 0.29) is 5.91 Å². The molecule has 0 spiro atoms. The number of benzene rings is 1. The van der Waals surface area contributed by atoms with Crippen molar-refractivity contribution in [1.29, 1.82) is 0 Å². The van der Waals surface area contributed by atoms with E-state index in [0.717, 1.165) is 17.7 Å². The summed E-state index contributed by atoms with van der Waals surface area (Å²) in [6, 6.07) is 8.68. The molecule has 0 bridgehead atoms. The van der Waals surface area contributed by atoms with Crippen LogP contribution in [0.4, 0.5) is 5.69 Å². The van der Waals surface area contributed by atoms with Gasteiger partial charge in [0, 0.05) is 23.2 Å². The molecule has 29 heavy (non-hydrogen) atoms. The van der Waals surface area contributed by atoms with E-state index in [1.807, 2.05) is 38.4 Å². The number of carbonyl (C=O) groups excluding carboxylic acids is 1. The zero-order valence-electron chi connectivity index (χ0n) is 17.0. The van der Waals surface area contributed by atoms with Crippen LogP contribution in [0.3, 0.4) is 0 Å². The zero-order valence-corrected chi connectivity index (χ0v) is 17.7. The molecular weight excluding hydrogens is 386 g/mol. The molecule has 0 atom stereocenters. The number of halogens is 1. The van der Waals surface area contributed by atoms with Crippen molar-refractivity contribution in [2.24, 2.45) is 0 Å². The van der Waals surface area contributed by atoms with Gasteiger partial charge in [-0.3, -0.25) is 4.79 Å². The fourth-order valence-electron chi connectivity index (χ4n) is 2.67. The first-order valence-electron chi connectivity index (χ1n) is 9.15. The summed E-state index contributed by atoms with van der Waals surface area (Å²) in [4.78, 5) is 18.7. The Labute approximate surface area is 177 Å². The predicted octanol–water partition coefficient (Wildman–Crippen LogP) is 4.77. The molecule has 0 radical (unpaired) electrons. The lowest BCUT2D eigenvalue weighted by molar-refractivity contribution is 0.102. The molecule has 0 aliphatic heterocycles. The van der Waals surface area contributed by atoms with Gasteiger partial charge in [0.25, 0.3) is 5.91 Å². The predicted molar refractivity (Wildman–Crippen MR) is 120 cm³/mol. The van der Waals surface area contributed by atoms with E-state index in [1.54, 1.807) is 43.6 Å². The van der Waals surface area contributed by atoms with Crippen LogP contribution < -0.4 is 10.1 Å². The molecule has 6 heteroatoms. The summed E-state index contributed by atoms with van der Waals surface area (Å²) in [6.45, 7) is 4.57. The Morgan fingerprint density at radius 3 is 2.72 bits per heavy atom. The van der Waals surface area contributed by atoms with Gasteiger partial charge in [0.05, 0.1) is 19.0 Å².